The Balaban J connectivity index is 1.83. The number of ketones is 1. The molecule has 2 aromatic rings. The number of Topliss-reactive ketones (excluding diaryl/α,β-unsaturated/α-hetero) is 1. The number of allylic oxidation sites excluding steroid dienone is 4. The number of hydrogen-bond donors (Lipinski definition) is 1. The lowest BCUT2D eigenvalue weighted by Crippen LogP contribution is -2.36. The van der Waals surface area contributed by atoms with E-state index in [4.69, 9.17) is 4.42 Å². The Morgan fingerprint density at radius 1 is 1.31 bits per heavy atom. The number of dihydropyridines is 1. The zero-order valence-corrected chi connectivity index (χ0v) is 15.9. The van der Waals surface area contributed by atoms with Crippen LogP contribution in [0.4, 0.5) is 0 Å². The van der Waals surface area contributed by atoms with E-state index >= 15 is 0 Å². The summed E-state index contributed by atoms with van der Waals surface area (Å²) in [5.74, 6) is 1.11. The third kappa shape index (κ3) is 2.71. The summed E-state index contributed by atoms with van der Waals surface area (Å²) in [6.07, 6.45) is 1.28. The van der Waals surface area contributed by atoms with Gasteiger partial charge in [-0.25, -0.2) is 0 Å². The monoisotopic (exact) mass is 364 g/mol. The quantitative estimate of drug-likeness (QED) is 0.802. The van der Waals surface area contributed by atoms with Crippen LogP contribution in [0.5, 0.6) is 0 Å². The van der Waals surface area contributed by atoms with Crippen molar-refractivity contribution in [1.29, 1.82) is 5.26 Å². The van der Waals surface area contributed by atoms with E-state index < -0.39 is 5.92 Å². The van der Waals surface area contributed by atoms with Crippen molar-refractivity contribution in [2.75, 3.05) is 0 Å². The summed E-state index contributed by atoms with van der Waals surface area (Å²) in [7, 11) is 0. The van der Waals surface area contributed by atoms with Crippen LogP contribution in [0, 0.1) is 16.7 Å². The first kappa shape index (κ1) is 16.9. The highest BCUT2D eigenvalue weighted by molar-refractivity contribution is 7.13. The van der Waals surface area contributed by atoms with Gasteiger partial charge in [0.05, 0.1) is 22.4 Å². The highest BCUT2D eigenvalue weighted by Crippen LogP contribution is 2.47. The number of rotatable bonds is 2. The minimum Gasteiger partial charge on any atom is -0.459 e. The van der Waals surface area contributed by atoms with Crippen LogP contribution in [0.1, 0.15) is 45.3 Å². The number of carbonyl (C=O) groups is 1. The number of nitrogens with zero attached hydrogens (tertiary/aromatic N) is 1. The Bertz CT molecular complexity index is 984. The van der Waals surface area contributed by atoms with Crippen molar-refractivity contribution in [3.63, 3.8) is 0 Å². The van der Waals surface area contributed by atoms with E-state index in [2.05, 4.69) is 25.2 Å². The topological polar surface area (TPSA) is 66.0 Å². The summed E-state index contributed by atoms with van der Waals surface area (Å²) in [5.41, 5.74) is 2.91. The van der Waals surface area contributed by atoms with Crippen LogP contribution >= 0.6 is 11.3 Å². The third-order valence-corrected chi connectivity index (χ3v) is 5.92. The number of furan rings is 1. The van der Waals surface area contributed by atoms with E-state index in [0.29, 0.717) is 23.3 Å². The zero-order chi connectivity index (χ0) is 18.5. The van der Waals surface area contributed by atoms with Gasteiger partial charge in [0, 0.05) is 23.4 Å². The molecule has 0 bridgehead atoms. The molecule has 26 heavy (non-hydrogen) atoms. The predicted molar refractivity (Wildman–Crippen MR) is 101 cm³/mol. The highest BCUT2D eigenvalue weighted by Gasteiger charge is 2.42. The molecule has 4 nitrogen and oxygen atoms in total. The maximum Gasteiger partial charge on any atom is 0.162 e. The van der Waals surface area contributed by atoms with Gasteiger partial charge >= 0.3 is 0 Å². The minimum absolute atomic E-state index is 0.0802. The molecule has 0 saturated carbocycles. The largest absolute Gasteiger partial charge is 0.459 e. The summed E-state index contributed by atoms with van der Waals surface area (Å²) in [6, 6.07) is 10.1. The molecule has 1 atom stereocenters. The normalized spacial score (nSPS) is 22.1. The second-order valence-corrected chi connectivity index (χ2v) is 8.67. The fourth-order valence-electron chi connectivity index (χ4n) is 3.93. The number of carbonyl (C=O) groups excluding carboxylic acids is 1. The first-order valence-electron chi connectivity index (χ1n) is 8.67. The number of hydrogen-bond acceptors (Lipinski definition) is 5. The van der Waals surface area contributed by atoms with E-state index in [0.717, 1.165) is 28.5 Å². The van der Waals surface area contributed by atoms with Gasteiger partial charge in [0.25, 0.3) is 0 Å². The SMILES string of the molecule is CC1=C(C#N)C(c2ccc(-c3cccs3)o2)C2=C(CC(C)(C)CC2=O)N1. The zero-order valence-electron chi connectivity index (χ0n) is 15.1. The molecular formula is C21H20N2O2S. The second kappa shape index (κ2) is 6.00. The van der Waals surface area contributed by atoms with Crippen molar-refractivity contribution in [3.8, 4) is 16.7 Å². The fraction of sp³-hybridized carbons (Fsp3) is 0.333. The maximum absolute atomic E-state index is 13.0. The van der Waals surface area contributed by atoms with Gasteiger partial charge in [-0.15, -0.1) is 11.3 Å². The molecule has 2 aromatic heterocycles. The van der Waals surface area contributed by atoms with Gasteiger partial charge in [0.2, 0.25) is 0 Å². The van der Waals surface area contributed by atoms with Gasteiger partial charge in [0.15, 0.2) is 5.78 Å². The van der Waals surface area contributed by atoms with Crippen LogP contribution in [-0.2, 0) is 4.79 Å². The Morgan fingerprint density at radius 2 is 2.12 bits per heavy atom. The molecule has 1 unspecified atom stereocenters. The summed E-state index contributed by atoms with van der Waals surface area (Å²) < 4.78 is 6.11. The van der Waals surface area contributed by atoms with Gasteiger partial charge in [-0.05, 0) is 42.3 Å². The first-order valence-corrected chi connectivity index (χ1v) is 9.55. The van der Waals surface area contributed by atoms with Crippen molar-refractivity contribution < 1.29 is 9.21 Å². The van der Waals surface area contributed by atoms with Crippen LogP contribution in [0.3, 0.4) is 0 Å². The van der Waals surface area contributed by atoms with Crippen LogP contribution < -0.4 is 5.32 Å². The van der Waals surface area contributed by atoms with E-state index in [-0.39, 0.29) is 11.2 Å². The van der Waals surface area contributed by atoms with Crippen molar-refractivity contribution in [2.24, 2.45) is 5.41 Å². The van der Waals surface area contributed by atoms with E-state index in [1.807, 2.05) is 36.6 Å². The standard InChI is InChI=1S/C21H20N2O2S/c1-12-13(11-22)19(17-7-6-16(25-17)18-5-4-8-26-18)20-14(23-12)9-21(2,3)10-15(20)24/h4-8,19,23H,9-10H2,1-3H3. The van der Waals surface area contributed by atoms with Crippen LogP contribution in [0.2, 0.25) is 0 Å². The summed E-state index contributed by atoms with van der Waals surface area (Å²) in [5, 5.41) is 15.1. The molecule has 4 rings (SSSR count). The van der Waals surface area contributed by atoms with Crippen molar-refractivity contribution in [3.05, 3.63) is 57.9 Å². The van der Waals surface area contributed by atoms with Gasteiger partial charge in [-0.1, -0.05) is 19.9 Å². The molecule has 0 aromatic carbocycles. The molecule has 132 valence electrons. The Morgan fingerprint density at radius 3 is 2.81 bits per heavy atom. The smallest absolute Gasteiger partial charge is 0.162 e. The summed E-state index contributed by atoms with van der Waals surface area (Å²) >= 11 is 1.60. The first-order chi connectivity index (χ1) is 12.4. The Hall–Kier alpha value is -2.58. The highest BCUT2D eigenvalue weighted by atomic mass is 32.1. The number of nitriles is 1. The van der Waals surface area contributed by atoms with Crippen LogP contribution in [-0.4, -0.2) is 5.78 Å². The van der Waals surface area contributed by atoms with Gasteiger partial charge in [-0.2, -0.15) is 5.26 Å². The average molecular weight is 364 g/mol. The van der Waals surface area contributed by atoms with Crippen molar-refractivity contribution in [1.82, 2.24) is 5.32 Å². The molecule has 1 N–H and O–H groups in total. The molecule has 1 aliphatic carbocycles. The molecule has 0 saturated heterocycles. The lowest BCUT2D eigenvalue weighted by Gasteiger charge is -2.38. The average Bonchev–Trinajstić information content (AvgIpc) is 3.23. The third-order valence-electron chi connectivity index (χ3n) is 5.04. The molecule has 0 fully saturated rings. The van der Waals surface area contributed by atoms with E-state index in [9.17, 15) is 10.1 Å². The van der Waals surface area contributed by atoms with E-state index in [1.54, 1.807) is 11.3 Å². The molecule has 0 radical (unpaired) electrons. The Kier molecular flexibility index (Phi) is 3.89. The van der Waals surface area contributed by atoms with Crippen molar-refractivity contribution >= 4 is 17.1 Å². The van der Waals surface area contributed by atoms with Gasteiger partial charge < -0.3 is 9.73 Å². The molecule has 0 spiro atoms. The lowest BCUT2D eigenvalue weighted by atomic mass is 9.70. The van der Waals surface area contributed by atoms with Crippen LogP contribution in [0.25, 0.3) is 10.6 Å². The van der Waals surface area contributed by atoms with Crippen LogP contribution in [0.15, 0.2) is 56.6 Å². The predicted octanol–water partition coefficient (Wildman–Crippen LogP) is 5.14. The lowest BCUT2D eigenvalue weighted by molar-refractivity contribution is -0.118. The number of thiophene rings is 1. The molecule has 3 heterocycles. The van der Waals surface area contributed by atoms with E-state index in [1.165, 1.54) is 0 Å². The number of nitrogens with one attached hydrogen (secondary N) is 1. The van der Waals surface area contributed by atoms with Crippen molar-refractivity contribution in [2.45, 2.75) is 39.5 Å². The summed E-state index contributed by atoms with van der Waals surface area (Å²) in [4.78, 5) is 14.0. The fourth-order valence-corrected chi connectivity index (χ4v) is 4.61. The van der Waals surface area contributed by atoms with Gasteiger partial charge in [-0.3, -0.25) is 4.79 Å². The Labute approximate surface area is 156 Å². The second-order valence-electron chi connectivity index (χ2n) is 7.72. The maximum atomic E-state index is 13.0. The summed E-state index contributed by atoms with van der Waals surface area (Å²) in [6.45, 7) is 6.10. The minimum atomic E-state index is -0.423. The van der Waals surface area contributed by atoms with Gasteiger partial charge in [0.1, 0.15) is 11.5 Å². The molecule has 2 aliphatic rings. The molecule has 0 amide bonds. The molecule has 1 aliphatic heterocycles. The molecular weight excluding hydrogens is 344 g/mol. The molecule has 5 heteroatoms.